The Bertz CT molecular complexity index is 920. The van der Waals surface area contributed by atoms with Crippen molar-refractivity contribution in [2.45, 2.75) is 19.2 Å². The van der Waals surface area contributed by atoms with Gasteiger partial charge in [-0.1, -0.05) is 12.1 Å². The van der Waals surface area contributed by atoms with Crippen molar-refractivity contribution in [3.8, 4) is 5.75 Å². The highest BCUT2D eigenvalue weighted by Gasteiger charge is 2.16. The summed E-state index contributed by atoms with van der Waals surface area (Å²) in [4.78, 5) is 25.6. The molecule has 0 radical (unpaired) electrons. The molecule has 6 nitrogen and oxygen atoms in total. The third-order valence-corrected chi connectivity index (χ3v) is 5.89. The van der Waals surface area contributed by atoms with Crippen molar-refractivity contribution in [1.82, 2.24) is 10.6 Å². The zero-order valence-corrected chi connectivity index (χ0v) is 16.8. The van der Waals surface area contributed by atoms with Gasteiger partial charge in [0.15, 0.2) is 0 Å². The number of thiophene rings is 2. The van der Waals surface area contributed by atoms with E-state index in [1.54, 1.807) is 19.2 Å². The summed E-state index contributed by atoms with van der Waals surface area (Å²) < 4.78 is 5.08. The van der Waals surface area contributed by atoms with Crippen LogP contribution in [0.4, 0.5) is 0 Å². The smallest absolute Gasteiger partial charge is 0.309 e. The van der Waals surface area contributed by atoms with E-state index in [1.165, 1.54) is 22.7 Å². The van der Waals surface area contributed by atoms with Gasteiger partial charge in [0.05, 0.1) is 13.7 Å². The number of carbonyl (C=O) groups is 2. The number of hydrogen-bond donors (Lipinski definition) is 3. The first-order valence-corrected chi connectivity index (χ1v) is 10.3. The summed E-state index contributed by atoms with van der Waals surface area (Å²) in [5.74, 6) is -0.653. The molecule has 0 bridgehead atoms. The monoisotopic (exact) mass is 416 g/mol. The Morgan fingerprint density at radius 2 is 1.75 bits per heavy atom. The van der Waals surface area contributed by atoms with Crippen LogP contribution < -0.4 is 15.4 Å². The van der Waals surface area contributed by atoms with Crippen molar-refractivity contribution in [3.63, 3.8) is 0 Å². The highest BCUT2D eigenvalue weighted by atomic mass is 32.1. The number of methoxy groups -OCH3 is 1. The molecule has 0 saturated heterocycles. The second-order valence-electron chi connectivity index (χ2n) is 5.98. The molecule has 3 aromatic rings. The Hall–Kier alpha value is -2.68. The number of ether oxygens (including phenoxy) is 1. The van der Waals surface area contributed by atoms with E-state index in [4.69, 9.17) is 4.74 Å². The van der Waals surface area contributed by atoms with Crippen LogP contribution in [0.1, 0.15) is 27.0 Å². The molecule has 0 spiro atoms. The van der Waals surface area contributed by atoms with E-state index >= 15 is 0 Å². The summed E-state index contributed by atoms with van der Waals surface area (Å²) in [6, 6.07) is 12.8. The molecule has 1 atom stereocenters. The summed E-state index contributed by atoms with van der Waals surface area (Å²) in [5.41, 5.74) is 1.72. The molecule has 28 heavy (non-hydrogen) atoms. The Morgan fingerprint density at radius 3 is 2.39 bits per heavy atom. The van der Waals surface area contributed by atoms with E-state index in [2.05, 4.69) is 10.6 Å². The number of rotatable bonds is 7. The SMILES string of the molecule is COc1ccc(CNC(=O)C(=O)NCc2ccc(C(O)c3ccsc3)s2)cc1. The van der Waals surface area contributed by atoms with E-state index in [1.807, 2.05) is 41.1 Å². The predicted molar refractivity (Wildman–Crippen MR) is 109 cm³/mol. The van der Waals surface area contributed by atoms with Crippen molar-refractivity contribution < 1.29 is 19.4 Å². The lowest BCUT2D eigenvalue weighted by Gasteiger charge is -2.07. The van der Waals surface area contributed by atoms with Crippen LogP contribution in [0, 0.1) is 0 Å². The van der Waals surface area contributed by atoms with Gasteiger partial charge in [-0.05, 0) is 52.2 Å². The average molecular weight is 417 g/mol. The van der Waals surface area contributed by atoms with Crippen LogP contribution in [0.15, 0.2) is 53.2 Å². The van der Waals surface area contributed by atoms with Crippen LogP contribution >= 0.6 is 22.7 Å². The number of carbonyl (C=O) groups excluding carboxylic acids is 2. The first-order chi connectivity index (χ1) is 13.6. The maximum atomic E-state index is 12.0. The standard InChI is InChI=1S/C20H20N2O4S2/c1-26-15-4-2-13(3-5-15)10-21-19(24)20(25)22-11-16-6-7-17(28-16)18(23)14-8-9-27-12-14/h2-9,12,18,23H,10-11H2,1H3,(H,21,24)(H,22,25). The zero-order chi connectivity index (χ0) is 19.9. The van der Waals surface area contributed by atoms with Gasteiger partial charge in [-0.15, -0.1) is 11.3 Å². The quantitative estimate of drug-likeness (QED) is 0.517. The maximum Gasteiger partial charge on any atom is 0.309 e. The van der Waals surface area contributed by atoms with Gasteiger partial charge in [0.1, 0.15) is 11.9 Å². The second kappa shape index (κ2) is 9.50. The molecule has 0 aliphatic heterocycles. The summed E-state index contributed by atoms with van der Waals surface area (Å²) in [5, 5.41) is 19.3. The fraction of sp³-hybridized carbons (Fsp3) is 0.200. The van der Waals surface area contributed by atoms with Crippen molar-refractivity contribution in [3.05, 3.63) is 74.1 Å². The molecule has 146 valence electrons. The third kappa shape index (κ3) is 5.19. The first kappa shape index (κ1) is 20.1. The van der Waals surface area contributed by atoms with Crippen molar-refractivity contribution >= 4 is 34.5 Å². The molecule has 2 aromatic heterocycles. The third-order valence-electron chi connectivity index (χ3n) is 4.05. The van der Waals surface area contributed by atoms with E-state index in [-0.39, 0.29) is 13.1 Å². The molecular weight excluding hydrogens is 396 g/mol. The minimum atomic E-state index is -0.693. The largest absolute Gasteiger partial charge is 0.497 e. The molecule has 2 heterocycles. The number of aliphatic hydroxyl groups excluding tert-OH is 1. The number of amides is 2. The van der Waals surface area contributed by atoms with Crippen LogP contribution in [0.25, 0.3) is 0 Å². The van der Waals surface area contributed by atoms with Crippen molar-refractivity contribution in [1.29, 1.82) is 0 Å². The molecule has 0 saturated carbocycles. The Balaban J connectivity index is 1.46. The van der Waals surface area contributed by atoms with Gasteiger partial charge in [-0.3, -0.25) is 9.59 Å². The molecule has 3 N–H and O–H groups in total. The van der Waals surface area contributed by atoms with Gasteiger partial charge in [0.25, 0.3) is 0 Å². The normalized spacial score (nSPS) is 11.6. The fourth-order valence-electron chi connectivity index (χ4n) is 2.48. The molecule has 0 aliphatic rings. The number of aliphatic hydroxyl groups is 1. The van der Waals surface area contributed by atoms with Crippen LogP contribution in [0.3, 0.4) is 0 Å². The molecule has 8 heteroatoms. The summed E-state index contributed by atoms with van der Waals surface area (Å²) in [7, 11) is 1.58. The highest BCUT2D eigenvalue weighted by Crippen LogP contribution is 2.29. The first-order valence-electron chi connectivity index (χ1n) is 8.54. The Morgan fingerprint density at radius 1 is 1.04 bits per heavy atom. The lowest BCUT2D eigenvalue weighted by Crippen LogP contribution is -2.39. The molecule has 0 aliphatic carbocycles. The minimum Gasteiger partial charge on any atom is -0.497 e. The van der Waals surface area contributed by atoms with Gasteiger partial charge < -0.3 is 20.5 Å². The van der Waals surface area contributed by atoms with Crippen LogP contribution in [0.2, 0.25) is 0 Å². The van der Waals surface area contributed by atoms with Gasteiger partial charge in [-0.25, -0.2) is 0 Å². The van der Waals surface area contributed by atoms with Crippen LogP contribution in [-0.4, -0.2) is 24.0 Å². The number of hydrogen-bond acceptors (Lipinski definition) is 6. The van der Waals surface area contributed by atoms with Crippen molar-refractivity contribution in [2.24, 2.45) is 0 Å². The van der Waals surface area contributed by atoms with Gasteiger partial charge in [0, 0.05) is 16.3 Å². The van der Waals surface area contributed by atoms with Crippen LogP contribution in [0.5, 0.6) is 5.75 Å². The Labute approximate surface area is 170 Å². The summed E-state index contributed by atoms with van der Waals surface area (Å²) in [6.45, 7) is 0.488. The van der Waals surface area contributed by atoms with Gasteiger partial charge in [-0.2, -0.15) is 11.3 Å². The summed E-state index contributed by atoms with van der Waals surface area (Å²) in [6.07, 6.45) is -0.673. The molecule has 1 unspecified atom stereocenters. The number of nitrogens with one attached hydrogen (secondary N) is 2. The topological polar surface area (TPSA) is 87.7 Å². The zero-order valence-electron chi connectivity index (χ0n) is 15.2. The lowest BCUT2D eigenvalue weighted by molar-refractivity contribution is -0.139. The van der Waals surface area contributed by atoms with Gasteiger partial charge in [0.2, 0.25) is 0 Å². The molecule has 0 fully saturated rings. The second-order valence-corrected chi connectivity index (χ2v) is 7.96. The van der Waals surface area contributed by atoms with E-state index in [0.717, 1.165) is 26.6 Å². The van der Waals surface area contributed by atoms with E-state index < -0.39 is 17.9 Å². The summed E-state index contributed by atoms with van der Waals surface area (Å²) >= 11 is 2.93. The minimum absolute atomic E-state index is 0.232. The molecule has 1 aromatic carbocycles. The van der Waals surface area contributed by atoms with Crippen molar-refractivity contribution in [2.75, 3.05) is 7.11 Å². The van der Waals surface area contributed by atoms with Crippen LogP contribution in [-0.2, 0) is 22.7 Å². The predicted octanol–water partition coefficient (Wildman–Crippen LogP) is 2.83. The fourth-order valence-corrected chi connectivity index (χ4v) is 4.13. The Kier molecular flexibility index (Phi) is 6.80. The lowest BCUT2D eigenvalue weighted by atomic mass is 10.2. The van der Waals surface area contributed by atoms with E-state index in [9.17, 15) is 14.7 Å². The molecule has 3 rings (SSSR count). The maximum absolute atomic E-state index is 12.0. The number of benzene rings is 1. The average Bonchev–Trinajstić information content (AvgIpc) is 3.42. The van der Waals surface area contributed by atoms with Gasteiger partial charge >= 0.3 is 11.8 Å². The molecular formula is C20H20N2O4S2. The highest BCUT2D eigenvalue weighted by molar-refractivity contribution is 7.12. The van der Waals surface area contributed by atoms with E-state index in [0.29, 0.717) is 0 Å². The molecule has 2 amide bonds.